The first-order valence-corrected chi connectivity index (χ1v) is 9.80. The number of carbonyl (C=O) groups excluding carboxylic acids is 1. The molecule has 3 aromatic rings. The summed E-state index contributed by atoms with van der Waals surface area (Å²) >= 11 is 0. The summed E-state index contributed by atoms with van der Waals surface area (Å²) in [5.74, 6) is -4.47. The number of hydrogen-bond acceptors (Lipinski definition) is 4. The van der Waals surface area contributed by atoms with E-state index in [1.165, 1.54) is 7.11 Å². The van der Waals surface area contributed by atoms with Crippen LogP contribution in [0.5, 0.6) is 0 Å². The van der Waals surface area contributed by atoms with Gasteiger partial charge in [-0.25, -0.2) is 18.2 Å². The van der Waals surface area contributed by atoms with Crippen LogP contribution in [0.15, 0.2) is 24.4 Å². The van der Waals surface area contributed by atoms with E-state index in [-0.39, 0.29) is 29.0 Å². The van der Waals surface area contributed by atoms with Gasteiger partial charge in [0.2, 0.25) is 0 Å². The second-order valence-electron chi connectivity index (χ2n) is 8.57. The summed E-state index contributed by atoms with van der Waals surface area (Å²) in [7, 11) is 1.17. The molecule has 5 nitrogen and oxygen atoms in total. The highest BCUT2D eigenvalue weighted by Gasteiger charge is 2.37. The van der Waals surface area contributed by atoms with E-state index >= 15 is 0 Å². The monoisotopic (exact) mass is 473 g/mol. The van der Waals surface area contributed by atoms with E-state index in [0.717, 1.165) is 12.3 Å². The van der Waals surface area contributed by atoms with Gasteiger partial charge >= 0.3 is 12.1 Å². The molecule has 3 rings (SSSR count). The minimum atomic E-state index is -5.01. The van der Waals surface area contributed by atoms with Crippen LogP contribution in [-0.2, 0) is 15.7 Å². The average Bonchev–Trinajstić information content (AvgIpc) is 3.10. The van der Waals surface area contributed by atoms with Crippen LogP contribution in [0.3, 0.4) is 0 Å². The number of benzene rings is 1. The lowest BCUT2D eigenvalue weighted by atomic mass is 9.84. The molecular weight excluding hydrogens is 452 g/mol. The van der Waals surface area contributed by atoms with Crippen LogP contribution < -0.4 is 5.32 Å². The molecule has 0 aliphatic carbocycles. The number of H-pyrrole nitrogens is 1. The fraction of sp³-hybridized carbons (Fsp3) is 0.364. The highest BCUT2D eigenvalue weighted by atomic mass is 19.4. The van der Waals surface area contributed by atoms with Gasteiger partial charge in [-0.2, -0.15) is 13.2 Å². The minimum Gasteiger partial charge on any atom is -0.469 e. The van der Waals surface area contributed by atoms with Crippen LogP contribution in [0.2, 0.25) is 0 Å². The topological polar surface area (TPSA) is 67.0 Å². The molecule has 178 valence electrons. The molecule has 33 heavy (non-hydrogen) atoms. The lowest BCUT2D eigenvalue weighted by Gasteiger charge is -2.31. The molecule has 0 fully saturated rings. The van der Waals surface area contributed by atoms with E-state index in [2.05, 4.69) is 20.0 Å². The average molecular weight is 473 g/mol. The summed E-state index contributed by atoms with van der Waals surface area (Å²) in [6.45, 7) is 5.21. The number of nitrogens with zero attached hydrogens (tertiary/aromatic N) is 1. The first kappa shape index (κ1) is 24.4. The number of nitrogens with one attached hydrogen (secondary N) is 2. The number of carbonyl (C=O) groups is 1. The van der Waals surface area contributed by atoms with Crippen LogP contribution in [0.25, 0.3) is 22.2 Å². The standard InChI is InChI=1S/C22H21F6N3O2/c1-21(2,3)16(8-17(32)33-4)30-20-15(25)7-13(22(26,27)28)18(31-20)12-9-29-19-11(12)5-10(23)6-14(19)24/h5-7,9,16,29H,8H2,1-4H3,(H,30,31). The molecule has 0 bridgehead atoms. The maximum atomic E-state index is 14.7. The molecule has 1 aromatic carbocycles. The third-order valence-corrected chi connectivity index (χ3v) is 5.20. The van der Waals surface area contributed by atoms with Crippen molar-refractivity contribution in [2.75, 3.05) is 12.4 Å². The largest absolute Gasteiger partial charge is 0.469 e. The number of halogens is 6. The molecule has 2 heterocycles. The Bertz CT molecular complexity index is 1200. The number of anilines is 1. The van der Waals surface area contributed by atoms with Crippen molar-refractivity contribution in [2.24, 2.45) is 5.41 Å². The van der Waals surface area contributed by atoms with Gasteiger partial charge in [-0.3, -0.25) is 4.79 Å². The third-order valence-electron chi connectivity index (χ3n) is 5.20. The minimum absolute atomic E-state index is 0.190. The maximum Gasteiger partial charge on any atom is 0.418 e. The van der Waals surface area contributed by atoms with Crippen molar-refractivity contribution in [3.8, 4) is 11.3 Å². The molecule has 0 saturated heterocycles. The number of hydrogen-bond donors (Lipinski definition) is 2. The number of methoxy groups -OCH3 is 1. The summed E-state index contributed by atoms with van der Waals surface area (Å²) in [4.78, 5) is 18.1. The fourth-order valence-corrected chi connectivity index (χ4v) is 3.35. The number of ether oxygens (including phenoxy) is 1. The highest BCUT2D eigenvalue weighted by molar-refractivity contribution is 5.96. The van der Waals surface area contributed by atoms with Crippen molar-refractivity contribution >= 4 is 22.7 Å². The van der Waals surface area contributed by atoms with E-state index in [9.17, 15) is 31.1 Å². The van der Waals surface area contributed by atoms with Gasteiger partial charge in [0.05, 0.1) is 30.3 Å². The molecule has 2 N–H and O–H groups in total. The normalized spacial score (nSPS) is 13.3. The van der Waals surface area contributed by atoms with E-state index < -0.39 is 58.1 Å². The van der Waals surface area contributed by atoms with Crippen LogP contribution in [0, 0.1) is 22.9 Å². The van der Waals surface area contributed by atoms with Crippen molar-refractivity contribution in [3.63, 3.8) is 0 Å². The molecule has 0 amide bonds. The highest BCUT2D eigenvalue weighted by Crippen LogP contribution is 2.41. The fourth-order valence-electron chi connectivity index (χ4n) is 3.35. The van der Waals surface area contributed by atoms with Crippen molar-refractivity contribution < 1.29 is 35.9 Å². The van der Waals surface area contributed by atoms with Gasteiger partial charge in [0.1, 0.15) is 11.6 Å². The second-order valence-corrected chi connectivity index (χ2v) is 8.57. The molecule has 0 spiro atoms. The number of alkyl halides is 3. The van der Waals surface area contributed by atoms with Crippen molar-refractivity contribution in [1.82, 2.24) is 9.97 Å². The quantitative estimate of drug-likeness (QED) is 0.350. The summed E-state index contributed by atoms with van der Waals surface area (Å²) in [6.07, 6.45) is -4.17. The lowest BCUT2D eigenvalue weighted by Crippen LogP contribution is -2.37. The zero-order chi connectivity index (χ0) is 24.7. The molecule has 11 heteroatoms. The van der Waals surface area contributed by atoms with Crippen molar-refractivity contribution in [2.45, 2.75) is 39.4 Å². The van der Waals surface area contributed by atoms with Crippen LogP contribution in [-0.4, -0.2) is 29.1 Å². The van der Waals surface area contributed by atoms with Crippen molar-refractivity contribution in [3.05, 3.63) is 47.4 Å². The summed E-state index contributed by atoms with van der Waals surface area (Å²) in [5.41, 5.74) is -3.28. The molecule has 1 unspecified atom stereocenters. The molecule has 0 radical (unpaired) electrons. The molecule has 0 saturated carbocycles. The van der Waals surface area contributed by atoms with Crippen LogP contribution in [0.1, 0.15) is 32.8 Å². The molecule has 0 aliphatic rings. The van der Waals surface area contributed by atoms with E-state index in [1.54, 1.807) is 20.8 Å². The SMILES string of the molecule is COC(=O)CC(Nc1nc(-c2c[nH]c3c(F)cc(F)cc23)c(C(F)(F)F)cc1F)C(C)(C)C. The number of aromatic nitrogens is 2. The Morgan fingerprint density at radius 3 is 2.36 bits per heavy atom. The Morgan fingerprint density at radius 1 is 1.12 bits per heavy atom. The lowest BCUT2D eigenvalue weighted by molar-refractivity contribution is -0.141. The Labute approximate surface area is 185 Å². The summed E-state index contributed by atoms with van der Waals surface area (Å²) < 4.78 is 88.5. The van der Waals surface area contributed by atoms with Gasteiger partial charge < -0.3 is 15.0 Å². The van der Waals surface area contributed by atoms with Gasteiger partial charge in [0, 0.05) is 29.3 Å². The number of pyridine rings is 1. The Hall–Kier alpha value is -3.24. The first-order chi connectivity index (χ1) is 15.2. The predicted octanol–water partition coefficient (Wildman–Crippen LogP) is 6.06. The van der Waals surface area contributed by atoms with Gasteiger partial charge in [0.15, 0.2) is 11.6 Å². The maximum absolute atomic E-state index is 14.7. The molecule has 0 aliphatic heterocycles. The van der Waals surface area contributed by atoms with Gasteiger partial charge in [-0.1, -0.05) is 20.8 Å². The molecule has 2 aromatic heterocycles. The summed E-state index contributed by atoms with van der Waals surface area (Å²) in [5, 5.41) is 2.50. The Kier molecular flexibility index (Phi) is 6.36. The molecular formula is C22H21F6N3O2. The van der Waals surface area contributed by atoms with Crippen molar-refractivity contribution in [1.29, 1.82) is 0 Å². The number of rotatable bonds is 5. The van der Waals surface area contributed by atoms with Gasteiger partial charge in [-0.05, 0) is 17.5 Å². The zero-order valence-electron chi connectivity index (χ0n) is 18.1. The van der Waals surface area contributed by atoms with E-state index in [0.29, 0.717) is 6.07 Å². The number of fused-ring (bicyclic) bond motifs is 1. The Morgan fingerprint density at radius 2 is 1.79 bits per heavy atom. The zero-order valence-corrected chi connectivity index (χ0v) is 18.1. The van der Waals surface area contributed by atoms with E-state index in [4.69, 9.17) is 0 Å². The number of aromatic amines is 1. The Balaban J connectivity index is 2.20. The predicted molar refractivity (Wildman–Crippen MR) is 110 cm³/mol. The molecule has 1 atom stereocenters. The van der Waals surface area contributed by atoms with Crippen LogP contribution >= 0.6 is 0 Å². The smallest absolute Gasteiger partial charge is 0.418 e. The number of esters is 1. The first-order valence-electron chi connectivity index (χ1n) is 9.80. The van der Waals surface area contributed by atoms with E-state index in [1.807, 2.05) is 0 Å². The summed E-state index contributed by atoms with van der Waals surface area (Å²) in [6, 6.07) is 0.947. The second kappa shape index (κ2) is 8.60. The third kappa shape index (κ3) is 5.07. The van der Waals surface area contributed by atoms with Gasteiger partial charge in [0.25, 0.3) is 0 Å². The van der Waals surface area contributed by atoms with Crippen LogP contribution in [0.4, 0.5) is 32.2 Å². The van der Waals surface area contributed by atoms with Gasteiger partial charge in [-0.15, -0.1) is 0 Å².